The van der Waals surface area contributed by atoms with Crippen LogP contribution in [-0.4, -0.2) is 48.0 Å². The lowest BCUT2D eigenvalue weighted by Crippen LogP contribution is -2.45. The Labute approximate surface area is 151 Å². The number of ether oxygens (including phenoxy) is 1. The van der Waals surface area contributed by atoms with Gasteiger partial charge in [0, 0.05) is 37.8 Å². The zero-order valence-electron chi connectivity index (χ0n) is 14.8. The topological polar surface area (TPSA) is 80.6 Å². The largest absolute Gasteiger partial charge is 0.491 e. The van der Waals surface area contributed by atoms with Crippen molar-refractivity contribution in [3.63, 3.8) is 0 Å². The minimum atomic E-state index is -0.318. The predicted molar refractivity (Wildman–Crippen MR) is 96.7 cm³/mol. The molecule has 0 radical (unpaired) electrons. The molecule has 1 aliphatic rings. The quantitative estimate of drug-likeness (QED) is 0.869. The van der Waals surface area contributed by atoms with E-state index in [1.54, 1.807) is 21.7 Å². The summed E-state index contributed by atoms with van der Waals surface area (Å²) in [6, 6.07) is 8.64. The van der Waals surface area contributed by atoms with Gasteiger partial charge in [0.1, 0.15) is 5.69 Å². The van der Waals surface area contributed by atoms with Gasteiger partial charge in [0.15, 0.2) is 5.75 Å². The van der Waals surface area contributed by atoms with Crippen molar-refractivity contribution in [2.45, 2.75) is 13.5 Å². The Morgan fingerprint density at radius 1 is 1.23 bits per heavy atom. The van der Waals surface area contributed by atoms with E-state index in [1.807, 2.05) is 25.1 Å². The van der Waals surface area contributed by atoms with Gasteiger partial charge in [0.05, 0.1) is 13.3 Å². The number of benzene rings is 1. The zero-order chi connectivity index (χ0) is 18.7. The lowest BCUT2D eigenvalue weighted by molar-refractivity contribution is 0.0696. The number of nitrogens with zero attached hydrogens (tertiary/aromatic N) is 2. The van der Waals surface area contributed by atoms with Gasteiger partial charge in [-0.25, -0.2) is 0 Å². The Morgan fingerprint density at radius 3 is 2.77 bits per heavy atom. The number of amides is 2. The van der Waals surface area contributed by atoms with E-state index < -0.39 is 0 Å². The average Bonchev–Trinajstić information content (AvgIpc) is 2.63. The maximum atomic E-state index is 12.6. The molecule has 7 nitrogen and oxygen atoms in total. The van der Waals surface area contributed by atoms with Crippen LogP contribution in [0.4, 0.5) is 0 Å². The van der Waals surface area contributed by atoms with E-state index >= 15 is 0 Å². The summed E-state index contributed by atoms with van der Waals surface area (Å²) < 4.78 is 6.74. The highest BCUT2D eigenvalue weighted by Crippen LogP contribution is 2.14. The normalized spacial score (nSPS) is 13.3. The van der Waals surface area contributed by atoms with Crippen molar-refractivity contribution in [2.75, 3.05) is 26.7 Å². The second-order valence-corrected chi connectivity index (χ2v) is 6.20. The Morgan fingerprint density at radius 2 is 2.04 bits per heavy atom. The van der Waals surface area contributed by atoms with Crippen LogP contribution in [0.15, 0.2) is 41.3 Å². The van der Waals surface area contributed by atoms with Gasteiger partial charge in [0.25, 0.3) is 11.8 Å². The lowest BCUT2D eigenvalue weighted by atomic mass is 10.1. The minimum Gasteiger partial charge on any atom is -0.491 e. The number of hydrogen-bond donors (Lipinski definition) is 1. The van der Waals surface area contributed by atoms with Crippen LogP contribution in [0.3, 0.4) is 0 Å². The van der Waals surface area contributed by atoms with Crippen molar-refractivity contribution in [2.24, 2.45) is 0 Å². The number of carbonyl (C=O) groups is 2. The highest BCUT2D eigenvalue weighted by Gasteiger charge is 2.25. The highest BCUT2D eigenvalue weighted by molar-refractivity contribution is 5.95. The summed E-state index contributed by atoms with van der Waals surface area (Å²) in [5.41, 5.74) is 1.63. The molecule has 1 aromatic carbocycles. The van der Waals surface area contributed by atoms with Crippen molar-refractivity contribution < 1.29 is 14.3 Å². The van der Waals surface area contributed by atoms with Gasteiger partial charge < -0.3 is 19.5 Å². The molecule has 0 spiro atoms. The minimum absolute atomic E-state index is 0.167. The van der Waals surface area contributed by atoms with Crippen LogP contribution < -0.4 is 15.5 Å². The van der Waals surface area contributed by atoms with E-state index in [0.717, 1.165) is 5.56 Å². The van der Waals surface area contributed by atoms with Crippen molar-refractivity contribution in [1.29, 1.82) is 0 Å². The average molecular weight is 355 g/mol. The molecule has 3 rings (SSSR count). The summed E-state index contributed by atoms with van der Waals surface area (Å²) in [6.07, 6.45) is 1.56. The molecule has 0 unspecified atom stereocenters. The van der Waals surface area contributed by atoms with Crippen LogP contribution in [0.25, 0.3) is 0 Å². The molecule has 1 aliphatic heterocycles. The predicted octanol–water partition coefficient (Wildman–Crippen LogP) is 1.05. The number of fused-ring (bicyclic) bond motifs is 1. The third-order valence-corrected chi connectivity index (χ3v) is 4.38. The van der Waals surface area contributed by atoms with Gasteiger partial charge in [0.2, 0.25) is 5.43 Å². The number of hydrogen-bond acceptors (Lipinski definition) is 4. The van der Waals surface area contributed by atoms with Crippen LogP contribution in [0, 0.1) is 6.92 Å². The SMILES string of the molecule is COc1cn2c(cc1=O)C(=O)N(CCNC(=O)c1cccc(C)c1)CC2. The molecule has 1 aromatic heterocycles. The first-order valence-electron chi connectivity index (χ1n) is 8.42. The summed E-state index contributed by atoms with van der Waals surface area (Å²) in [4.78, 5) is 38.3. The van der Waals surface area contributed by atoms with E-state index in [0.29, 0.717) is 37.4 Å². The van der Waals surface area contributed by atoms with E-state index in [2.05, 4.69) is 5.32 Å². The summed E-state index contributed by atoms with van der Waals surface area (Å²) >= 11 is 0. The molecule has 0 saturated heterocycles. The fourth-order valence-electron chi connectivity index (χ4n) is 2.97. The molecule has 0 bridgehead atoms. The number of methoxy groups -OCH3 is 1. The van der Waals surface area contributed by atoms with Gasteiger partial charge in [-0.3, -0.25) is 14.4 Å². The Balaban J connectivity index is 1.62. The van der Waals surface area contributed by atoms with Gasteiger partial charge >= 0.3 is 0 Å². The maximum Gasteiger partial charge on any atom is 0.270 e. The van der Waals surface area contributed by atoms with Crippen molar-refractivity contribution in [3.05, 3.63) is 63.6 Å². The van der Waals surface area contributed by atoms with Gasteiger partial charge in [-0.1, -0.05) is 17.7 Å². The molecule has 2 aromatic rings. The number of aromatic nitrogens is 1. The second-order valence-electron chi connectivity index (χ2n) is 6.20. The smallest absolute Gasteiger partial charge is 0.270 e. The summed E-state index contributed by atoms with van der Waals surface area (Å²) in [7, 11) is 1.43. The van der Waals surface area contributed by atoms with Crippen molar-refractivity contribution >= 4 is 11.8 Å². The van der Waals surface area contributed by atoms with Crippen LogP contribution in [0.2, 0.25) is 0 Å². The summed E-state index contributed by atoms with van der Waals surface area (Å²) in [5, 5.41) is 2.83. The number of aryl methyl sites for hydroxylation is 1. The summed E-state index contributed by atoms with van der Waals surface area (Å²) in [5.74, 6) is -0.166. The third kappa shape index (κ3) is 3.61. The van der Waals surface area contributed by atoms with Crippen LogP contribution in [0.5, 0.6) is 5.75 Å². The molecule has 26 heavy (non-hydrogen) atoms. The molecule has 0 atom stereocenters. The molecule has 136 valence electrons. The van der Waals surface area contributed by atoms with Crippen molar-refractivity contribution in [1.82, 2.24) is 14.8 Å². The standard InChI is InChI=1S/C19H21N3O4/c1-13-4-3-5-14(10-13)18(24)20-6-7-21-8-9-22-12-17(26-2)16(23)11-15(22)19(21)25/h3-5,10-12H,6-9H2,1-2H3,(H,20,24). The van der Waals surface area contributed by atoms with Gasteiger partial charge in [-0.05, 0) is 19.1 Å². The molecule has 0 saturated carbocycles. The number of carbonyl (C=O) groups excluding carboxylic acids is 2. The number of rotatable bonds is 5. The maximum absolute atomic E-state index is 12.6. The molecular formula is C19H21N3O4. The summed E-state index contributed by atoms with van der Waals surface area (Å²) in [6.45, 7) is 3.74. The highest BCUT2D eigenvalue weighted by atomic mass is 16.5. The zero-order valence-corrected chi connectivity index (χ0v) is 14.8. The second kappa shape index (κ2) is 7.43. The first kappa shape index (κ1) is 17.7. The van der Waals surface area contributed by atoms with Crippen LogP contribution >= 0.6 is 0 Å². The Bertz CT molecular complexity index is 904. The number of nitrogens with one attached hydrogen (secondary N) is 1. The molecule has 7 heteroatoms. The molecule has 0 aliphatic carbocycles. The van der Waals surface area contributed by atoms with Crippen molar-refractivity contribution in [3.8, 4) is 5.75 Å². The third-order valence-electron chi connectivity index (χ3n) is 4.38. The van der Waals surface area contributed by atoms with Gasteiger partial charge in [-0.15, -0.1) is 0 Å². The first-order chi connectivity index (χ1) is 12.5. The molecular weight excluding hydrogens is 334 g/mol. The monoisotopic (exact) mass is 355 g/mol. The van der Waals surface area contributed by atoms with Crippen LogP contribution in [0.1, 0.15) is 26.4 Å². The van der Waals surface area contributed by atoms with Gasteiger partial charge in [-0.2, -0.15) is 0 Å². The molecule has 1 N–H and O–H groups in total. The lowest BCUT2D eigenvalue weighted by Gasteiger charge is -2.30. The molecule has 2 heterocycles. The van der Waals surface area contributed by atoms with E-state index in [4.69, 9.17) is 4.74 Å². The first-order valence-corrected chi connectivity index (χ1v) is 8.42. The number of pyridine rings is 1. The van der Waals surface area contributed by atoms with E-state index in [9.17, 15) is 14.4 Å². The molecule has 0 fully saturated rings. The van der Waals surface area contributed by atoms with E-state index in [1.165, 1.54) is 13.2 Å². The fraction of sp³-hybridized carbons (Fsp3) is 0.316. The van der Waals surface area contributed by atoms with E-state index in [-0.39, 0.29) is 23.0 Å². The molecule has 2 amide bonds. The fourth-order valence-corrected chi connectivity index (χ4v) is 2.97. The Hall–Kier alpha value is -3.09. The Kier molecular flexibility index (Phi) is 5.06. The van der Waals surface area contributed by atoms with Crippen LogP contribution in [-0.2, 0) is 6.54 Å².